The van der Waals surface area contributed by atoms with E-state index in [0.29, 0.717) is 5.75 Å². The first kappa shape index (κ1) is 20.8. The second-order valence-electron chi connectivity index (χ2n) is 6.27. The van der Waals surface area contributed by atoms with Crippen LogP contribution >= 0.6 is 34.8 Å². The molecule has 3 aromatic carbocycles. The first-order valence-corrected chi connectivity index (χ1v) is 11.2. The first-order chi connectivity index (χ1) is 14.3. The molecule has 152 valence electrons. The number of fused-ring (bicyclic) bond motifs is 1. The van der Waals surface area contributed by atoms with Gasteiger partial charge in [-0.2, -0.15) is 0 Å². The SMILES string of the molecule is O=S(=O)(Nc1cc(Cl)c(Oc2cnc3ccccc3c2)c(Cl)c1)c1ccccc1Cl. The van der Waals surface area contributed by atoms with E-state index in [-0.39, 0.29) is 31.4 Å². The molecule has 0 aliphatic carbocycles. The van der Waals surface area contributed by atoms with Gasteiger partial charge in [-0.05, 0) is 36.4 Å². The standard InChI is InChI=1S/C21H13Cl3N2O3S/c22-16-6-2-4-8-20(16)30(27,28)26-14-10-17(23)21(18(24)11-14)29-15-9-13-5-1-3-7-19(13)25-12-15/h1-12,26H. The van der Waals surface area contributed by atoms with Gasteiger partial charge in [-0.3, -0.25) is 9.71 Å². The molecule has 4 aromatic rings. The third kappa shape index (κ3) is 4.32. The van der Waals surface area contributed by atoms with Crippen LogP contribution in [0.2, 0.25) is 15.1 Å². The predicted octanol–water partition coefficient (Wildman–Crippen LogP) is 6.79. The van der Waals surface area contributed by atoms with Crippen molar-refractivity contribution in [3.05, 3.63) is 88.0 Å². The van der Waals surface area contributed by atoms with Gasteiger partial charge >= 0.3 is 0 Å². The number of hydrogen-bond acceptors (Lipinski definition) is 4. The average Bonchev–Trinajstić information content (AvgIpc) is 2.70. The fraction of sp³-hybridized carbons (Fsp3) is 0. The van der Waals surface area contributed by atoms with E-state index in [1.807, 2.05) is 30.3 Å². The highest BCUT2D eigenvalue weighted by molar-refractivity contribution is 7.92. The summed E-state index contributed by atoms with van der Waals surface area (Å²) in [7, 11) is -3.92. The van der Waals surface area contributed by atoms with E-state index in [1.165, 1.54) is 24.3 Å². The van der Waals surface area contributed by atoms with Crippen molar-refractivity contribution < 1.29 is 13.2 Å². The zero-order chi connectivity index (χ0) is 21.3. The van der Waals surface area contributed by atoms with Crippen LogP contribution in [0.25, 0.3) is 10.9 Å². The Kier molecular flexibility index (Phi) is 5.75. The van der Waals surface area contributed by atoms with Crippen LogP contribution in [0.5, 0.6) is 11.5 Å². The molecule has 1 aromatic heterocycles. The summed E-state index contributed by atoms with van der Waals surface area (Å²) < 4.78 is 33.5. The highest BCUT2D eigenvalue weighted by Gasteiger charge is 2.19. The molecule has 5 nitrogen and oxygen atoms in total. The van der Waals surface area contributed by atoms with Crippen molar-refractivity contribution in [1.29, 1.82) is 0 Å². The molecular formula is C21H13Cl3N2O3S. The Morgan fingerprint density at radius 3 is 2.23 bits per heavy atom. The number of nitrogens with zero attached hydrogens (tertiary/aromatic N) is 1. The maximum Gasteiger partial charge on any atom is 0.263 e. The predicted molar refractivity (Wildman–Crippen MR) is 121 cm³/mol. The van der Waals surface area contributed by atoms with Gasteiger partial charge in [0.2, 0.25) is 0 Å². The number of halogens is 3. The summed E-state index contributed by atoms with van der Waals surface area (Å²) in [6.45, 7) is 0. The Morgan fingerprint density at radius 1 is 0.833 bits per heavy atom. The number of rotatable bonds is 5. The average molecular weight is 480 g/mol. The summed E-state index contributed by atoms with van der Waals surface area (Å²) in [4.78, 5) is 4.27. The van der Waals surface area contributed by atoms with Crippen molar-refractivity contribution in [2.45, 2.75) is 4.90 Å². The molecular weight excluding hydrogens is 467 g/mol. The van der Waals surface area contributed by atoms with Gasteiger partial charge in [-0.15, -0.1) is 0 Å². The highest BCUT2D eigenvalue weighted by Crippen LogP contribution is 2.39. The molecule has 0 saturated carbocycles. The summed E-state index contributed by atoms with van der Waals surface area (Å²) in [5.74, 6) is 0.637. The van der Waals surface area contributed by atoms with Crippen molar-refractivity contribution >= 4 is 61.4 Å². The summed E-state index contributed by atoms with van der Waals surface area (Å²) in [6, 6.07) is 18.3. The van der Waals surface area contributed by atoms with Gasteiger partial charge in [-0.1, -0.05) is 65.1 Å². The van der Waals surface area contributed by atoms with E-state index in [9.17, 15) is 8.42 Å². The van der Waals surface area contributed by atoms with Gasteiger partial charge in [-0.25, -0.2) is 8.42 Å². The Balaban J connectivity index is 1.62. The van der Waals surface area contributed by atoms with Gasteiger partial charge in [0, 0.05) is 5.39 Å². The molecule has 0 saturated heterocycles. The minimum atomic E-state index is -3.92. The Morgan fingerprint density at radius 2 is 1.50 bits per heavy atom. The van der Waals surface area contributed by atoms with E-state index >= 15 is 0 Å². The molecule has 0 aliphatic heterocycles. The van der Waals surface area contributed by atoms with Gasteiger partial charge in [0.1, 0.15) is 10.6 Å². The molecule has 30 heavy (non-hydrogen) atoms. The molecule has 0 spiro atoms. The van der Waals surface area contributed by atoms with Gasteiger partial charge in [0.05, 0.1) is 32.5 Å². The summed E-state index contributed by atoms with van der Waals surface area (Å²) in [5, 5.41) is 1.26. The van der Waals surface area contributed by atoms with E-state index in [1.54, 1.807) is 18.3 Å². The topological polar surface area (TPSA) is 68.3 Å². The second-order valence-corrected chi connectivity index (χ2v) is 9.14. The quantitative estimate of drug-likeness (QED) is 0.342. The zero-order valence-corrected chi connectivity index (χ0v) is 18.2. The number of hydrogen-bond donors (Lipinski definition) is 1. The molecule has 0 atom stereocenters. The van der Waals surface area contributed by atoms with E-state index in [0.717, 1.165) is 10.9 Å². The van der Waals surface area contributed by atoms with Crippen molar-refractivity contribution in [3.8, 4) is 11.5 Å². The number of para-hydroxylation sites is 1. The summed E-state index contributed by atoms with van der Waals surface area (Å²) >= 11 is 18.6. The zero-order valence-electron chi connectivity index (χ0n) is 15.1. The monoisotopic (exact) mass is 478 g/mol. The second kappa shape index (κ2) is 8.32. The van der Waals surface area contributed by atoms with Crippen molar-refractivity contribution in [2.75, 3.05) is 4.72 Å². The molecule has 4 rings (SSSR count). The van der Waals surface area contributed by atoms with E-state index in [2.05, 4.69) is 9.71 Å². The van der Waals surface area contributed by atoms with Crippen LogP contribution < -0.4 is 9.46 Å². The fourth-order valence-electron chi connectivity index (χ4n) is 2.81. The van der Waals surface area contributed by atoms with E-state index in [4.69, 9.17) is 39.5 Å². The molecule has 9 heteroatoms. The molecule has 1 heterocycles. The summed E-state index contributed by atoms with van der Waals surface area (Å²) in [6.07, 6.45) is 1.56. The van der Waals surface area contributed by atoms with Crippen LogP contribution in [0.3, 0.4) is 0 Å². The molecule has 0 amide bonds. The number of aromatic nitrogens is 1. The van der Waals surface area contributed by atoms with Crippen LogP contribution in [0.15, 0.2) is 77.8 Å². The third-order valence-electron chi connectivity index (χ3n) is 4.16. The molecule has 1 N–H and O–H groups in total. The van der Waals surface area contributed by atoms with Crippen LogP contribution in [0.4, 0.5) is 5.69 Å². The van der Waals surface area contributed by atoms with Crippen molar-refractivity contribution in [3.63, 3.8) is 0 Å². The maximum atomic E-state index is 12.6. The Hall–Kier alpha value is -2.51. The van der Waals surface area contributed by atoms with Gasteiger partial charge in [0.15, 0.2) is 5.75 Å². The summed E-state index contributed by atoms with van der Waals surface area (Å²) in [5.41, 5.74) is 1.00. The minimum absolute atomic E-state index is 0.0542. The molecule has 0 radical (unpaired) electrons. The number of sulfonamides is 1. The fourth-order valence-corrected chi connectivity index (χ4v) is 4.94. The number of nitrogens with one attached hydrogen (secondary N) is 1. The third-order valence-corrected chi connectivity index (χ3v) is 6.60. The maximum absolute atomic E-state index is 12.6. The van der Waals surface area contributed by atoms with Crippen molar-refractivity contribution in [2.24, 2.45) is 0 Å². The first-order valence-electron chi connectivity index (χ1n) is 8.62. The molecule has 0 unspecified atom stereocenters. The lowest BCUT2D eigenvalue weighted by Gasteiger charge is -2.14. The lowest BCUT2D eigenvalue weighted by Crippen LogP contribution is -2.13. The largest absolute Gasteiger partial charge is 0.453 e. The van der Waals surface area contributed by atoms with Gasteiger partial charge in [0.25, 0.3) is 10.0 Å². The van der Waals surface area contributed by atoms with Gasteiger partial charge < -0.3 is 4.74 Å². The molecule has 0 aliphatic rings. The van der Waals surface area contributed by atoms with Crippen LogP contribution in [-0.2, 0) is 10.0 Å². The van der Waals surface area contributed by atoms with Crippen molar-refractivity contribution in [1.82, 2.24) is 4.98 Å². The molecule has 0 bridgehead atoms. The van der Waals surface area contributed by atoms with Crippen LogP contribution in [0.1, 0.15) is 0 Å². The van der Waals surface area contributed by atoms with Crippen LogP contribution in [-0.4, -0.2) is 13.4 Å². The number of benzene rings is 3. The smallest absolute Gasteiger partial charge is 0.263 e. The number of pyridine rings is 1. The highest BCUT2D eigenvalue weighted by atomic mass is 35.5. The minimum Gasteiger partial charge on any atom is -0.453 e. The lowest BCUT2D eigenvalue weighted by atomic mass is 10.2. The lowest BCUT2D eigenvalue weighted by molar-refractivity contribution is 0.482. The normalized spacial score (nSPS) is 11.4. The van der Waals surface area contributed by atoms with Crippen LogP contribution in [0, 0.1) is 0 Å². The molecule has 0 fully saturated rings. The van der Waals surface area contributed by atoms with E-state index < -0.39 is 10.0 Å². The Labute approximate surface area is 188 Å². The Bertz CT molecular complexity index is 1340. The number of anilines is 1. The number of ether oxygens (including phenoxy) is 1.